The maximum Gasteiger partial charge on any atom is 0.262 e. The number of aromatic nitrogens is 8. The summed E-state index contributed by atoms with van der Waals surface area (Å²) in [5.41, 5.74) is 22.8. The van der Waals surface area contributed by atoms with Gasteiger partial charge in [-0.1, -0.05) is 24.3 Å². The third-order valence-corrected chi connectivity index (χ3v) is 25.3. The molecule has 0 bridgehead atoms. The number of anilines is 4. The molecule has 0 saturated carbocycles. The molecule has 0 spiro atoms. The van der Waals surface area contributed by atoms with Gasteiger partial charge in [0, 0.05) is 138 Å². The number of nitrogen functional groups attached to an aromatic ring is 2. The van der Waals surface area contributed by atoms with E-state index in [2.05, 4.69) is 59.4 Å². The van der Waals surface area contributed by atoms with Crippen LogP contribution >= 0.6 is 0 Å². The number of rotatable bonds is 17. The minimum absolute atomic E-state index is 0.0782. The molecule has 8 amide bonds. The number of piperidine rings is 5. The van der Waals surface area contributed by atoms with Crippen LogP contribution in [0.4, 0.5) is 23.0 Å². The van der Waals surface area contributed by atoms with Crippen molar-refractivity contribution in [1.82, 2.24) is 79.5 Å². The minimum Gasteiger partial charge on any atom is -0.457 e. The van der Waals surface area contributed by atoms with Crippen molar-refractivity contribution in [2.75, 3.05) is 99.8 Å². The molecule has 6 N–H and O–H groups in total. The number of carbonyl (C=O) groups excluding carboxylic acids is 8. The number of nitrogens with two attached hydrogens (primary N) is 2. The third-order valence-electron chi connectivity index (χ3n) is 25.3. The molecule has 2 atom stereocenters. The van der Waals surface area contributed by atoms with Gasteiger partial charge >= 0.3 is 0 Å². The van der Waals surface area contributed by atoms with Gasteiger partial charge in [-0.15, -0.1) is 0 Å². The standard InChI is InChI=1S/C84H82N20O10/c85-75-71-73(93-103(77(71)89-45-87-75)52-27-33-95(34-28-52)51-25-31-96(32-26-51)56-39-98(40-56)54-9-19-63-65(37-54)83(111)101(81(63)109)67-21-23-69(105)91-79(67)107)49-5-15-61(16-6-49)113-59-11-1-47(2-12-59)48-3-13-60(14-4-48)114-62-17-7-50(8-18-62)74-72-76(86)88-46-90-78(72)104(94-74)53-29-35-97(36-30-53)57-41-100(42-57)58-43-99(44-58)55-10-20-64-66(38-55)84(112)102(82(64)110)68-22-24-70(106)92-80(68)108/h1-20,37-38,45-46,51-53,56-58,67-68H,21-36,39-44H2,(H2,85,87,89)(H2,86,88,90)(H,91,105,107)(H,92,106,108)/t67?,68-/m1/s1. The van der Waals surface area contributed by atoms with Crippen LogP contribution in [0.3, 0.4) is 0 Å². The number of carbonyl (C=O) groups is 8. The number of nitrogens with zero attached hydrogens (tertiary/aromatic N) is 16. The molecule has 0 radical (unpaired) electrons. The molecule has 8 fully saturated rings. The summed E-state index contributed by atoms with van der Waals surface area (Å²) in [6.45, 7) is 11.0. The lowest BCUT2D eigenvalue weighted by Crippen LogP contribution is -2.70. The van der Waals surface area contributed by atoms with Crippen molar-refractivity contribution >= 4 is 92.3 Å². The van der Waals surface area contributed by atoms with Crippen LogP contribution in [-0.2, 0) is 19.2 Å². The first kappa shape index (κ1) is 70.7. The van der Waals surface area contributed by atoms with Crippen LogP contribution in [0.5, 0.6) is 23.0 Å². The van der Waals surface area contributed by atoms with Crippen molar-refractivity contribution in [3.05, 3.63) is 168 Å². The van der Waals surface area contributed by atoms with Crippen LogP contribution in [0.1, 0.15) is 118 Å². The minimum atomic E-state index is -0.992. The molecule has 1 unspecified atom stereocenters. The fourth-order valence-electron chi connectivity index (χ4n) is 18.7. The number of hydrogen-bond donors (Lipinski definition) is 4. The Morgan fingerprint density at radius 2 is 0.693 bits per heavy atom. The van der Waals surface area contributed by atoms with Gasteiger partial charge in [0.1, 0.15) is 70.8 Å². The van der Waals surface area contributed by atoms with Gasteiger partial charge in [-0.05, 0) is 172 Å². The Bertz CT molecular complexity index is 5580. The summed E-state index contributed by atoms with van der Waals surface area (Å²) in [6.07, 6.45) is 9.29. The second kappa shape index (κ2) is 28.4. The Labute approximate surface area is 653 Å². The van der Waals surface area contributed by atoms with E-state index in [1.54, 1.807) is 24.3 Å². The summed E-state index contributed by atoms with van der Waals surface area (Å²) in [5.74, 6) is -0.513. The van der Waals surface area contributed by atoms with Crippen LogP contribution in [0.25, 0.3) is 55.7 Å². The molecule has 30 nitrogen and oxygen atoms in total. The van der Waals surface area contributed by atoms with Crippen molar-refractivity contribution in [3.8, 4) is 56.6 Å². The number of nitrogens with one attached hydrogen (secondary N) is 2. The van der Waals surface area contributed by atoms with E-state index in [-0.39, 0.29) is 43.3 Å². The quantitative estimate of drug-likeness (QED) is 0.0634. The first-order valence-electron chi connectivity index (χ1n) is 39.5. The largest absolute Gasteiger partial charge is 0.457 e. The fourth-order valence-corrected chi connectivity index (χ4v) is 18.7. The molecular formula is C84H82N20O10. The first-order chi connectivity index (χ1) is 55.5. The van der Waals surface area contributed by atoms with Crippen molar-refractivity contribution in [3.63, 3.8) is 0 Å². The van der Waals surface area contributed by atoms with Crippen LogP contribution in [0.15, 0.2) is 146 Å². The Morgan fingerprint density at radius 3 is 1.08 bits per heavy atom. The Hall–Kier alpha value is -12.4. The van der Waals surface area contributed by atoms with Crippen LogP contribution in [0, 0.1) is 0 Å². The monoisotopic (exact) mass is 1530 g/mol. The lowest BCUT2D eigenvalue weighted by Gasteiger charge is -2.55. The number of fused-ring (bicyclic) bond motifs is 4. The Kier molecular flexibility index (Phi) is 17.6. The van der Waals surface area contributed by atoms with Gasteiger partial charge in [-0.3, -0.25) is 73.5 Å². The van der Waals surface area contributed by atoms with Gasteiger partial charge < -0.3 is 35.6 Å². The highest BCUT2D eigenvalue weighted by atomic mass is 16.5. The maximum absolute atomic E-state index is 13.5. The number of imide groups is 4. The predicted octanol–water partition coefficient (Wildman–Crippen LogP) is 7.72. The zero-order valence-electron chi connectivity index (χ0n) is 62.4. The maximum atomic E-state index is 13.5. The van der Waals surface area contributed by atoms with Gasteiger partial charge in [0.05, 0.1) is 45.1 Å². The molecule has 10 aliphatic heterocycles. The molecule has 8 saturated heterocycles. The molecule has 14 heterocycles. The highest BCUT2D eigenvalue weighted by Gasteiger charge is 2.49. The highest BCUT2D eigenvalue weighted by Crippen LogP contribution is 2.42. The molecule has 578 valence electrons. The van der Waals surface area contributed by atoms with Crippen molar-refractivity contribution in [2.45, 2.75) is 113 Å². The fraction of sp³-hybridized carbons (Fsp3) is 0.357. The summed E-state index contributed by atoms with van der Waals surface area (Å²) < 4.78 is 16.9. The van der Waals surface area contributed by atoms with E-state index in [1.165, 1.54) is 12.7 Å². The van der Waals surface area contributed by atoms with E-state index in [0.29, 0.717) is 75.5 Å². The number of likely N-dealkylation sites (tertiary alicyclic amines) is 4. The number of hydrogen-bond acceptors (Lipinski definition) is 24. The second-order valence-corrected chi connectivity index (χ2v) is 31.7. The van der Waals surface area contributed by atoms with E-state index >= 15 is 0 Å². The summed E-state index contributed by atoms with van der Waals surface area (Å²) in [7, 11) is 0. The average molecular weight is 1530 g/mol. The van der Waals surface area contributed by atoms with Gasteiger partial charge in [0.2, 0.25) is 23.6 Å². The first-order valence-corrected chi connectivity index (χ1v) is 39.5. The van der Waals surface area contributed by atoms with E-state index in [4.69, 9.17) is 41.1 Å². The lowest BCUT2D eigenvalue weighted by molar-refractivity contribution is -0.137. The summed E-state index contributed by atoms with van der Waals surface area (Å²) in [6, 6.07) is 42.4. The van der Waals surface area contributed by atoms with Crippen LogP contribution < -0.4 is 41.4 Å². The Balaban J connectivity index is 0.408. The van der Waals surface area contributed by atoms with Crippen LogP contribution in [0.2, 0.25) is 0 Å². The van der Waals surface area contributed by atoms with Gasteiger partial charge in [0.15, 0.2) is 11.3 Å². The van der Waals surface area contributed by atoms with Crippen molar-refractivity contribution < 1.29 is 47.8 Å². The number of amides is 8. The second-order valence-electron chi connectivity index (χ2n) is 31.7. The van der Waals surface area contributed by atoms with Gasteiger partial charge in [-0.25, -0.2) is 29.3 Å². The average Bonchev–Trinajstić information content (AvgIpc) is 1.66. The molecule has 10 aromatic rings. The molecule has 20 rings (SSSR count). The number of ether oxygens (including phenoxy) is 2. The normalized spacial score (nSPS) is 21.5. The zero-order chi connectivity index (χ0) is 77.3. The third kappa shape index (κ3) is 12.6. The van der Waals surface area contributed by atoms with E-state index in [9.17, 15) is 38.4 Å². The smallest absolute Gasteiger partial charge is 0.262 e. The number of benzene rings is 6. The van der Waals surface area contributed by atoms with E-state index in [1.807, 2.05) is 109 Å². The highest BCUT2D eigenvalue weighted by molar-refractivity contribution is 6.25. The lowest BCUT2D eigenvalue weighted by atomic mass is 9.95. The predicted molar refractivity (Wildman–Crippen MR) is 420 cm³/mol. The van der Waals surface area contributed by atoms with Crippen LogP contribution in [-0.4, -0.2) is 231 Å². The molecular weight excluding hydrogens is 1450 g/mol. The Morgan fingerprint density at radius 1 is 0.351 bits per heavy atom. The molecule has 4 aromatic heterocycles. The topological polar surface area (TPSA) is 344 Å². The molecule has 114 heavy (non-hydrogen) atoms. The molecule has 30 heteroatoms. The zero-order valence-corrected chi connectivity index (χ0v) is 62.4. The molecule has 0 aliphatic carbocycles. The molecule has 10 aliphatic rings. The van der Waals surface area contributed by atoms with Crippen molar-refractivity contribution in [2.24, 2.45) is 0 Å². The summed E-state index contributed by atoms with van der Waals surface area (Å²) >= 11 is 0. The summed E-state index contributed by atoms with van der Waals surface area (Å²) in [5, 5.41) is 16.4. The van der Waals surface area contributed by atoms with E-state index < -0.39 is 59.3 Å². The van der Waals surface area contributed by atoms with E-state index in [0.717, 1.165) is 194 Å². The van der Waals surface area contributed by atoms with Crippen molar-refractivity contribution in [1.29, 1.82) is 0 Å². The van der Waals surface area contributed by atoms with Gasteiger partial charge in [0.25, 0.3) is 23.6 Å². The summed E-state index contributed by atoms with van der Waals surface area (Å²) in [4.78, 5) is 137. The van der Waals surface area contributed by atoms with Gasteiger partial charge in [-0.2, -0.15) is 10.2 Å². The molecule has 6 aromatic carbocycles. The SMILES string of the molecule is Nc1ncnc2c1c(-c1ccc(Oc3ccc(-c4ccc(Oc5ccc(-c6nn(C7CCN(C8CN(C9CN(c%10ccc%11c(c%10)C(=O)N([C@@H]%10CCC(=O)NC%10=O)C%11=O)C9)C8)CC7)c7ncnc(N)c67)cc5)cc4)cc3)cc1)nn2C1CCN(C2CCN(C3CN(c4ccc5c(c4)C(=O)N(C4CCC(=O)NC4=O)C5=O)C3)CC2)CC1.